The number of likely N-dealkylation sites (tertiary alicyclic amines) is 1. The lowest BCUT2D eigenvalue weighted by molar-refractivity contribution is -0.132. The summed E-state index contributed by atoms with van der Waals surface area (Å²) in [5, 5.41) is 3.41. The molecule has 0 saturated carbocycles. The van der Waals surface area contributed by atoms with Gasteiger partial charge in [-0.15, -0.1) is 24.0 Å². The maximum atomic E-state index is 12.6. The van der Waals surface area contributed by atoms with Crippen LogP contribution in [0.15, 0.2) is 4.99 Å². The topological polar surface area (TPSA) is 71.5 Å². The number of halogens is 1. The van der Waals surface area contributed by atoms with Crippen LogP contribution in [-0.4, -0.2) is 110 Å². The molecule has 1 N–H and O–H groups in total. The molecule has 9 heteroatoms. The van der Waals surface area contributed by atoms with Gasteiger partial charge in [-0.2, -0.15) is 0 Å². The zero-order valence-corrected chi connectivity index (χ0v) is 21.6. The molecule has 2 heterocycles. The number of aliphatic imine (C=N–C) groups is 1. The summed E-state index contributed by atoms with van der Waals surface area (Å²) in [5.41, 5.74) is 0. The number of carbonyl (C=O) groups excluding carboxylic acids is 2. The highest BCUT2D eigenvalue weighted by atomic mass is 127. The van der Waals surface area contributed by atoms with Crippen molar-refractivity contribution in [3.05, 3.63) is 0 Å². The lowest BCUT2D eigenvalue weighted by Gasteiger charge is -2.37. The first-order valence-electron chi connectivity index (χ1n) is 11.1. The van der Waals surface area contributed by atoms with Crippen molar-refractivity contribution in [1.29, 1.82) is 0 Å². The van der Waals surface area contributed by atoms with Gasteiger partial charge in [0, 0.05) is 59.9 Å². The fourth-order valence-corrected chi connectivity index (χ4v) is 3.58. The SMILES string of the molecule is CC(C)CNC(=NCC(=O)N(C)C)N1CCN(CC(=O)N2CCCCCC2)CC1.I. The van der Waals surface area contributed by atoms with Gasteiger partial charge in [0.15, 0.2) is 5.96 Å². The summed E-state index contributed by atoms with van der Waals surface area (Å²) in [7, 11) is 3.50. The Hall–Kier alpha value is -1.10. The second kappa shape index (κ2) is 14.1. The monoisotopic (exact) mass is 536 g/mol. The Morgan fingerprint density at radius 1 is 0.933 bits per heavy atom. The van der Waals surface area contributed by atoms with Crippen molar-refractivity contribution in [1.82, 2.24) is 24.9 Å². The summed E-state index contributed by atoms with van der Waals surface area (Å²) < 4.78 is 0. The number of nitrogens with zero attached hydrogens (tertiary/aromatic N) is 5. The van der Waals surface area contributed by atoms with Gasteiger partial charge in [-0.1, -0.05) is 26.7 Å². The molecule has 8 nitrogen and oxygen atoms in total. The van der Waals surface area contributed by atoms with Gasteiger partial charge < -0.3 is 20.0 Å². The van der Waals surface area contributed by atoms with E-state index in [0.29, 0.717) is 12.5 Å². The molecule has 0 aromatic rings. The predicted molar refractivity (Wildman–Crippen MR) is 132 cm³/mol. The fourth-order valence-electron chi connectivity index (χ4n) is 3.58. The van der Waals surface area contributed by atoms with E-state index in [-0.39, 0.29) is 42.3 Å². The van der Waals surface area contributed by atoms with Gasteiger partial charge in [0.1, 0.15) is 6.54 Å². The highest BCUT2D eigenvalue weighted by Crippen LogP contribution is 2.11. The van der Waals surface area contributed by atoms with Crippen LogP contribution in [0.3, 0.4) is 0 Å². The molecular weight excluding hydrogens is 495 g/mol. The Morgan fingerprint density at radius 3 is 2.07 bits per heavy atom. The van der Waals surface area contributed by atoms with Gasteiger partial charge in [0.05, 0.1) is 6.54 Å². The molecule has 0 aromatic carbocycles. The Bertz CT molecular complexity index is 554. The summed E-state index contributed by atoms with van der Waals surface area (Å²) >= 11 is 0. The van der Waals surface area contributed by atoms with Crippen LogP contribution in [0.1, 0.15) is 39.5 Å². The van der Waals surface area contributed by atoms with Crippen LogP contribution in [0, 0.1) is 5.92 Å². The fraction of sp³-hybridized carbons (Fsp3) is 0.857. The van der Waals surface area contributed by atoms with Crippen molar-refractivity contribution in [2.24, 2.45) is 10.9 Å². The van der Waals surface area contributed by atoms with Crippen molar-refractivity contribution < 1.29 is 9.59 Å². The lowest BCUT2D eigenvalue weighted by Crippen LogP contribution is -2.54. The summed E-state index contributed by atoms with van der Waals surface area (Å²) in [6.07, 6.45) is 4.74. The molecule has 2 fully saturated rings. The number of hydrogen-bond acceptors (Lipinski definition) is 4. The smallest absolute Gasteiger partial charge is 0.243 e. The van der Waals surface area contributed by atoms with E-state index >= 15 is 0 Å². The quantitative estimate of drug-likeness (QED) is 0.315. The van der Waals surface area contributed by atoms with Crippen LogP contribution in [0.5, 0.6) is 0 Å². The van der Waals surface area contributed by atoms with E-state index in [0.717, 1.165) is 64.6 Å². The Balaban J connectivity index is 0.00000450. The minimum absolute atomic E-state index is 0. The molecule has 0 unspecified atom stereocenters. The molecule has 0 aromatic heterocycles. The van der Waals surface area contributed by atoms with Gasteiger partial charge in [0.25, 0.3) is 0 Å². The molecule has 2 rings (SSSR count). The van der Waals surface area contributed by atoms with Crippen LogP contribution >= 0.6 is 24.0 Å². The van der Waals surface area contributed by atoms with Gasteiger partial charge >= 0.3 is 0 Å². The molecule has 30 heavy (non-hydrogen) atoms. The minimum atomic E-state index is -0.00414. The number of hydrogen-bond donors (Lipinski definition) is 1. The van der Waals surface area contributed by atoms with Crippen molar-refractivity contribution in [2.45, 2.75) is 39.5 Å². The second-order valence-electron chi connectivity index (χ2n) is 8.76. The average Bonchev–Trinajstić information content (AvgIpc) is 2.98. The summed E-state index contributed by atoms with van der Waals surface area (Å²) in [5.74, 6) is 1.56. The maximum absolute atomic E-state index is 12.6. The zero-order valence-electron chi connectivity index (χ0n) is 19.2. The van der Waals surface area contributed by atoms with Crippen molar-refractivity contribution in [2.75, 3.05) is 73.0 Å². The Morgan fingerprint density at radius 2 is 1.53 bits per heavy atom. The number of rotatable bonds is 6. The number of nitrogens with one attached hydrogen (secondary N) is 1. The van der Waals surface area contributed by atoms with Gasteiger partial charge in [-0.25, -0.2) is 4.99 Å². The highest BCUT2D eigenvalue weighted by Gasteiger charge is 2.24. The zero-order chi connectivity index (χ0) is 21.2. The molecule has 0 aliphatic carbocycles. The predicted octanol–water partition coefficient (Wildman–Crippen LogP) is 1.31. The Kier molecular flexibility index (Phi) is 12.6. The van der Waals surface area contributed by atoms with Gasteiger partial charge in [-0.3, -0.25) is 14.5 Å². The molecule has 2 aliphatic rings. The van der Waals surface area contributed by atoms with E-state index in [2.05, 4.69) is 34.0 Å². The third-order valence-electron chi connectivity index (χ3n) is 5.52. The Labute approximate surface area is 199 Å². The highest BCUT2D eigenvalue weighted by molar-refractivity contribution is 14.0. The van der Waals surface area contributed by atoms with Crippen LogP contribution in [-0.2, 0) is 9.59 Å². The van der Waals surface area contributed by atoms with E-state index in [1.54, 1.807) is 19.0 Å². The number of likely N-dealkylation sites (N-methyl/N-ethyl adjacent to an activating group) is 1. The summed E-state index contributed by atoms with van der Waals surface area (Å²) in [4.78, 5) is 37.2. The van der Waals surface area contributed by atoms with Crippen LogP contribution < -0.4 is 5.32 Å². The molecule has 2 amide bonds. The molecule has 174 valence electrons. The molecule has 0 atom stereocenters. The first-order valence-corrected chi connectivity index (χ1v) is 11.1. The van der Waals surface area contributed by atoms with Crippen LogP contribution in [0.2, 0.25) is 0 Å². The van der Waals surface area contributed by atoms with Crippen molar-refractivity contribution in [3.63, 3.8) is 0 Å². The van der Waals surface area contributed by atoms with Crippen LogP contribution in [0.4, 0.5) is 0 Å². The van der Waals surface area contributed by atoms with E-state index in [1.165, 1.54) is 12.8 Å². The number of amides is 2. The standard InChI is InChI=1S/C21H40N6O2.HI/c1-18(2)15-22-21(23-16-19(28)24(3)4)27-13-11-25(12-14-27)17-20(29)26-9-7-5-6-8-10-26;/h18H,5-17H2,1-4H3,(H,22,23);1H. The van der Waals surface area contributed by atoms with E-state index < -0.39 is 0 Å². The minimum Gasteiger partial charge on any atom is -0.356 e. The summed E-state index contributed by atoms with van der Waals surface area (Å²) in [6, 6.07) is 0. The van der Waals surface area contributed by atoms with Crippen molar-refractivity contribution in [3.8, 4) is 0 Å². The van der Waals surface area contributed by atoms with E-state index in [1.807, 2.05) is 4.90 Å². The normalized spacial score (nSPS) is 18.6. The van der Waals surface area contributed by atoms with Crippen molar-refractivity contribution >= 4 is 41.8 Å². The van der Waals surface area contributed by atoms with Gasteiger partial charge in [0.2, 0.25) is 11.8 Å². The first kappa shape index (κ1) is 26.9. The van der Waals surface area contributed by atoms with E-state index in [4.69, 9.17) is 0 Å². The molecule has 0 spiro atoms. The van der Waals surface area contributed by atoms with Gasteiger partial charge in [-0.05, 0) is 18.8 Å². The average molecular weight is 537 g/mol. The lowest BCUT2D eigenvalue weighted by atomic mass is 10.2. The van der Waals surface area contributed by atoms with Crippen LogP contribution in [0.25, 0.3) is 0 Å². The maximum Gasteiger partial charge on any atom is 0.243 e. The number of piperazine rings is 1. The number of carbonyl (C=O) groups is 2. The third-order valence-corrected chi connectivity index (χ3v) is 5.52. The molecule has 2 aliphatic heterocycles. The largest absolute Gasteiger partial charge is 0.356 e. The first-order chi connectivity index (χ1) is 13.9. The molecular formula is C21H41IN6O2. The summed E-state index contributed by atoms with van der Waals surface area (Å²) in [6.45, 7) is 10.9. The second-order valence-corrected chi connectivity index (χ2v) is 8.76. The molecule has 2 saturated heterocycles. The number of guanidine groups is 1. The molecule has 0 bridgehead atoms. The molecule has 0 radical (unpaired) electrons. The van der Waals surface area contributed by atoms with E-state index in [9.17, 15) is 9.59 Å². The third kappa shape index (κ3) is 9.36.